The van der Waals surface area contributed by atoms with Crippen molar-refractivity contribution in [3.63, 3.8) is 0 Å². The molecule has 64 valence electrons. The molecule has 0 fully saturated rings. The first-order valence-electron chi connectivity index (χ1n) is 3.23. The van der Waals surface area contributed by atoms with E-state index in [1.165, 1.54) is 18.2 Å². The fourth-order valence-electron chi connectivity index (χ4n) is 0.754. The average molecular weight is 189 g/mol. The number of hydrogen-bond acceptors (Lipinski definition) is 2. The van der Waals surface area contributed by atoms with Gasteiger partial charge < -0.3 is 4.74 Å². The summed E-state index contributed by atoms with van der Waals surface area (Å²) in [6, 6.07) is 5.29. The maximum atomic E-state index is 12.8. The highest BCUT2D eigenvalue weighted by Crippen LogP contribution is 2.07. The molecule has 0 amide bonds. The summed E-state index contributed by atoms with van der Waals surface area (Å²) in [7, 11) is 0. The van der Waals surface area contributed by atoms with Gasteiger partial charge in [0.1, 0.15) is 5.82 Å². The number of rotatable bonds is 2. The standard InChI is InChI=1S/C8H6ClFO2/c9-5-12-8(11)6-3-1-2-4-7(6)10/h1-4H,5H2. The molecule has 2 nitrogen and oxygen atoms in total. The third-order valence-corrected chi connectivity index (χ3v) is 1.39. The van der Waals surface area contributed by atoms with Crippen molar-refractivity contribution in [1.82, 2.24) is 0 Å². The Bertz CT molecular complexity index is 288. The molecule has 0 N–H and O–H groups in total. The highest BCUT2D eigenvalue weighted by atomic mass is 35.5. The molecule has 0 aliphatic carbocycles. The smallest absolute Gasteiger partial charge is 0.342 e. The minimum Gasteiger partial charge on any atom is -0.446 e. The molecular formula is C8H6ClFO2. The first-order chi connectivity index (χ1) is 5.75. The van der Waals surface area contributed by atoms with Crippen molar-refractivity contribution in [3.05, 3.63) is 35.6 Å². The van der Waals surface area contributed by atoms with Crippen molar-refractivity contribution in [3.8, 4) is 0 Å². The molecule has 12 heavy (non-hydrogen) atoms. The minimum atomic E-state index is -0.747. The van der Waals surface area contributed by atoms with E-state index in [1.54, 1.807) is 6.07 Å². The van der Waals surface area contributed by atoms with Gasteiger partial charge in [-0.1, -0.05) is 23.7 Å². The number of ether oxygens (including phenoxy) is 1. The topological polar surface area (TPSA) is 26.3 Å². The summed E-state index contributed by atoms with van der Waals surface area (Å²) in [5.74, 6) is -1.35. The van der Waals surface area contributed by atoms with Gasteiger partial charge in [0, 0.05) is 0 Å². The van der Waals surface area contributed by atoms with Crippen LogP contribution in [0.5, 0.6) is 0 Å². The van der Waals surface area contributed by atoms with Gasteiger partial charge in [-0.05, 0) is 12.1 Å². The van der Waals surface area contributed by atoms with Crippen LogP contribution in [0.3, 0.4) is 0 Å². The molecule has 0 radical (unpaired) electrons. The molecule has 1 aromatic rings. The third kappa shape index (κ3) is 1.95. The van der Waals surface area contributed by atoms with Crippen molar-refractivity contribution in [1.29, 1.82) is 0 Å². The Morgan fingerprint density at radius 1 is 1.50 bits per heavy atom. The lowest BCUT2D eigenvalue weighted by Crippen LogP contribution is -2.05. The zero-order valence-electron chi connectivity index (χ0n) is 6.09. The van der Waals surface area contributed by atoms with Crippen molar-refractivity contribution >= 4 is 17.6 Å². The van der Waals surface area contributed by atoms with Gasteiger partial charge in [-0.15, -0.1) is 0 Å². The second-order valence-corrected chi connectivity index (χ2v) is 2.24. The van der Waals surface area contributed by atoms with E-state index in [9.17, 15) is 9.18 Å². The fourth-order valence-corrected chi connectivity index (χ4v) is 0.853. The fraction of sp³-hybridized carbons (Fsp3) is 0.125. The lowest BCUT2D eigenvalue weighted by molar-refractivity contribution is 0.0569. The Morgan fingerprint density at radius 2 is 2.17 bits per heavy atom. The molecule has 0 spiro atoms. The van der Waals surface area contributed by atoms with Crippen LogP contribution in [0, 0.1) is 5.82 Å². The zero-order valence-corrected chi connectivity index (χ0v) is 6.84. The molecular weight excluding hydrogens is 183 g/mol. The summed E-state index contributed by atoms with van der Waals surface area (Å²) in [5.41, 5.74) is -0.0989. The Labute approximate surface area is 73.9 Å². The lowest BCUT2D eigenvalue weighted by atomic mass is 10.2. The predicted molar refractivity (Wildman–Crippen MR) is 42.5 cm³/mol. The van der Waals surface area contributed by atoms with Crippen LogP contribution in [0.2, 0.25) is 0 Å². The van der Waals surface area contributed by atoms with Gasteiger partial charge in [0.2, 0.25) is 0 Å². The quantitative estimate of drug-likeness (QED) is 0.525. The van der Waals surface area contributed by atoms with E-state index in [1.807, 2.05) is 0 Å². The van der Waals surface area contributed by atoms with Crippen LogP contribution >= 0.6 is 11.6 Å². The summed E-state index contributed by atoms with van der Waals surface area (Å²) in [6.45, 7) is 0. The van der Waals surface area contributed by atoms with Gasteiger partial charge in [0.25, 0.3) is 0 Å². The highest BCUT2D eigenvalue weighted by Gasteiger charge is 2.10. The molecule has 0 heterocycles. The number of hydrogen-bond donors (Lipinski definition) is 0. The van der Waals surface area contributed by atoms with Gasteiger partial charge in [0.05, 0.1) is 5.56 Å². The average Bonchev–Trinajstić information content (AvgIpc) is 2.05. The second-order valence-electron chi connectivity index (χ2n) is 2.02. The van der Waals surface area contributed by atoms with Gasteiger partial charge in [-0.25, -0.2) is 9.18 Å². The maximum Gasteiger partial charge on any atom is 0.342 e. The van der Waals surface area contributed by atoms with E-state index in [4.69, 9.17) is 11.6 Å². The predicted octanol–water partition coefficient (Wildman–Crippen LogP) is 2.18. The molecule has 0 unspecified atom stereocenters. The molecule has 0 aromatic heterocycles. The van der Waals surface area contributed by atoms with Crippen molar-refractivity contribution in [2.24, 2.45) is 0 Å². The summed E-state index contributed by atoms with van der Waals surface area (Å²) in [6.07, 6.45) is 0. The summed E-state index contributed by atoms with van der Waals surface area (Å²) in [5, 5.41) is 0. The van der Waals surface area contributed by atoms with Gasteiger partial charge >= 0.3 is 5.97 Å². The number of benzene rings is 1. The van der Waals surface area contributed by atoms with Crippen molar-refractivity contribution in [2.75, 3.05) is 6.07 Å². The van der Waals surface area contributed by atoms with Crippen LogP contribution in [-0.4, -0.2) is 12.0 Å². The monoisotopic (exact) mass is 188 g/mol. The molecule has 1 aromatic carbocycles. The van der Waals surface area contributed by atoms with Crippen LogP contribution in [0.15, 0.2) is 24.3 Å². The molecule has 4 heteroatoms. The first kappa shape index (κ1) is 9.00. The van der Waals surface area contributed by atoms with Crippen LogP contribution in [0.4, 0.5) is 4.39 Å². The molecule has 0 aliphatic heterocycles. The Morgan fingerprint density at radius 3 is 2.75 bits per heavy atom. The number of carbonyl (C=O) groups is 1. The molecule has 1 rings (SSSR count). The van der Waals surface area contributed by atoms with Crippen LogP contribution in [0.25, 0.3) is 0 Å². The van der Waals surface area contributed by atoms with Crippen molar-refractivity contribution in [2.45, 2.75) is 0 Å². The normalized spacial score (nSPS) is 9.50. The Kier molecular flexibility index (Phi) is 3.05. The van der Waals surface area contributed by atoms with E-state index in [2.05, 4.69) is 4.74 Å². The molecule has 0 saturated heterocycles. The van der Waals surface area contributed by atoms with E-state index in [0.717, 1.165) is 0 Å². The van der Waals surface area contributed by atoms with Gasteiger partial charge in [-0.3, -0.25) is 0 Å². The van der Waals surface area contributed by atoms with Crippen LogP contribution < -0.4 is 0 Å². The number of alkyl halides is 1. The SMILES string of the molecule is O=C(OCCl)c1ccccc1F. The van der Waals surface area contributed by atoms with E-state index in [-0.39, 0.29) is 11.6 Å². The molecule has 0 bridgehead atoms. The number of halogens is 2. The number of carbonyl (C=O) groups excluding carboxylic acids is 1. The molecule has 0 saturated carbocycles. The van der Waals surface area contributed by atoms with Crippen molar-refractivity contribution < 1.29 is 13.9 Å². The Balaban J connectivity index is 2.87. The number of esters is 1. The summed E-state index contributed by atoms with van der Waals surface area (Å²) >= 11 is 5.13. The lowest BCUT2D eigenvalue weighted by Gasteiger charge is -2.00. The minimum absolute atomic E-state index is 0.0989. The second kappa shape index (κ2) is 4.07. The van der Waals surface area contributed by atoms with E-state index in [0.29, 0.717) is 0 Å². The zero-order chi connectivity index (χ0) is 8.97. The van der Waals surface area contributed by atoms with E-state index >= 15 is 0 Å². The highest BCUT2D eigenvalue weighted by molar-refractivity contribution is 6.17. The molecule has 0 atom stereocenters. The largest absolute Gasteiger partial charge is 0.446 e. The maximum absolute atomic E-state index is 12.8. The van der Waals surface area contributed by atoms with Gasteiger partial charge in [-0.2, -0.15) is 0 Å². The van der Waals surface area contributed by atoms with E-state index < -0.39 is 11.8 Å². The van der Waals surface area contributed by atoms with Crippen LogP contribution in [-0.2, 0) is 4.74 Å². The Hall–Kier alpha value is -1.09. The summed E-state index contributed by atoms with van der Waals surface area (Å²) < 4.78 is 17.2. The third-order valence-electron chi connectivity index (χ3n) is 1.28. The van der Waals surface area contributed by atoms with Crippen LogP contribution in [0.1, 0.15) is 10.4 Å². The first-order valence-corrected chi connectivity index (χ1v) is 3.77. The molecule has 0 aliphatic rings. The van der Waals surface area contributed by atoms with Gasteiger partial charge in [0.15, 0.2) is 6.07 Å². The summed E-state index contributed by atoms with van der Waals surface area (Å²) in [4.78, 5) is 10.9.